The lowest BCUT2D eigenvalue weighted by Gasteiger charge is -2.19. The Labute approximate surface area is 163 Å². The van der Waals surface area contributed by atoms with Crippen LogP contribution < -0.4 is 10.0 Å². The van der Waals surface area contributed by atoms with Gasteiger partial charge in [0.15, 0.2) is 0 Å². The monoisotopic (exact) mass is 415 g/mol. The molecule has 2 aromatic carbocycles. The van der Waals surface area contributed by atoms with Crippen molar-refractivity contribution in [3.05, 3.63) is 52.5 Å². The number of halogens is 2. The van der Waals surface area contributed by atoms with Crippen LogP contribution in [0.5, 0.6) is 0 Å². The number of anilines is 2. The maximum atomic E-state index is 12.5. The number of nitrogens with zero attached hydrogens (tertiary/aromatic N) is 1. The largest absolute Gasteiger partial charge is 0.325 e. The highest BCUT2D eigenvalue weighted by atomic mass is 35.5. The Hall–Kier alpha value is -1.96. The molecule has 0 spiro atoms. The van der Waals surface area contributed by atoms with Crippen LogP contribution in [0.25, 0.3) is 0 Å². The van der Waals surface area contributed by atoms with E-state index >= 15 is 0 Å². The van der Waals surface area contributed by atoms with Crippen LogP contribution in [-0.2, 0) is 10.0 Å². The highest BCUT2D eigenvalue weighted by Gasteiger charge is 2.17. The molecule has 0 aliphatic carbocycles. The lowest BCUT2D eigenvalue weighted by Crippen LogP contribution is -2.34. The molecule has 0 saturated heterocycles. The summed E-state index contributed by atoms with van der Waals surface area (Å²) >= 11 is 11.9. The van der Waals surface area contributed by atoms with Crippen LogP contribution in [0.4, 0.5) is 16.2 Å². The number of hydrogen-bond acceptors (Lipinski definition) is 3. The van der Waals surface area contributed by atoms with Crippen molar-refractivity contribution in [1.82, 2.24) is 4.90 Å². The molecule has 2 rings (SSSR count). The zero-order valence-electron chi connectivity index (χ0n) is 14.3. The molecular formula is C17H19Cl2N3O3S. The molecule has 0 aliphatic heterocycles. The molecule has 9 heteroatoms. The third-order valence-corrected chi connectivity index (χ3v) is 5.59. The van der Waals surface area contributed by atoms with Crippen molar-refractivity contribution in [3.63, 3.8) is 0 Å². The average molecular weight is 416 g/mol. The van der Waals surface area contributed by atoms with Crippen molar-refractivity contribution in [2.24, 2.45) is 0 Å². The fourth-order valence-corrected chi connectivity index (χ4v) is 3.67. The summed E-state index contributed by atoms with van der Waals surface area (Å²) in [6.45, 7) is 4.93. The molecule has 2 amide bonds. The minimum absolute atomic E-state index is 0.0365. The third kappa shape index (κ3) is 5.03. The van der Waals surface area contributed by atoms with Crippen molar-refractivity contribution in [1.29, 1.82) is 0 Å². The lowest BCUT2D eigenvalue weighted by atomic mass is 10.3. The van der Waals surface area contributed by atoms with Crippen LogP contribution in [0.15, 0.2) is 47.4 Å². The van der Waals surface area contributed by atoms with Gasteiger partial charge in [0.25, 0.3) is 10.0 Å². The summed E-state index contributed by atoms with van der Waals surface area (Å²) in [5.74, 6) is 0. The summed E-state index contributed by atoms with van der Waals surface area (Å²) in [4.78, 5) is 13.7. The van der Waals surface area contributed by atoms with Crippen molar-refractivity contribution < 1.29 is 13.2 Å². The normalized spacial score (nSPS) is 11.1. The van der Waals surface area contributed by atoms with E-state index in [0.717, 1.165) is 0 Å². The van der Waals surface area contributed by atoms with Gasteiger partial charge in [0.1, 0.15) is 0 Å². The molecule has 0 aliphatic rings. The molecular weight excluding hydrogens is 397 g/mol. The van der Waals surface area contributed by atoms with E-state index in [0.29, 0.717) is 23.8 Å². The second-order valence-corrected chi connectivity index (χ2v) is 7.88. The summed E-state index contributed by atoms with van der Waals surface area (Å²) < 4.78 is 27.4. The molecule has 0 fully saturated rings. The predicted molar refractivity (Wildman–Crippen MR) is 106 cm³/mol. The van der Waals surface area contributed by atoms with Gasteiger partial charge in [0.05, 0.1) is 15.6 Å². The van der Waals surface area contributed by atoms with Gasteiger partial charge in [0.2, 0.25) is 0 Å². The fraction of sp³-hybridized carbons (Fsp3) is 0.235. The molecule has 2 aromatic rings. The van der Waals surface area contributed by atoms with Crippen LogP contribution in [0.3, 0.4) is 0 Å². The second kappa shape index (κ2) is 8.62. The first-order valence-corrected chi connectivity index (χ1v) is 10.1. The third-order valence-electron chi connectivity index (χ3n) is 3.64. The number of rotatable bonds is 6. The fourth-order valence-electron chi connectivity index (χ4n) is 2.21. The summed E-state index contributed by atoms with van der Waals surface area (Å²) in [5, 5.41) is 3.32. The minimum Gasteiger partial charge on any atom is -0.325 e. The van der Waals surface area contributed by atoms with Crippen molar-refractivity contribution in [3.8, 4) is 0 Å². The van der Waals surface area contributed by atoms with Gasteiger partial charge in [-0.3, -0.25) is 4.72 Å². The van der Waals surface area contributed by atoms with Crippen LogP contribution in [0, 0.1) is 0 Å². The standard InChI is InChI=1S/C17H19Cl2N3O3S/c1-3-22(4-2)17(23)20-13-6-8-14(9-7-13)26(24,25)21-16-11-12(18)5-10-15(16)19/h5-11,21H,3-4H2,1-2H3,(H,20,23). The van der Waals surface area contributed by atoms with Gasteiger partial charge in [-0.2, -0.15) is 0 Å². The van der Waals surface area contributed by atoms with Gasteiger partial charge in [-0.05, 0) is 56.3 Å². The van der Waals surface area contributed by atoms with Crippen molar-refractivity contribution in [2.75, 3.05) is 23.1 Å². The van der Waals surface area contributed by atoms with Gasteiger partial charge in [-0.1, -0.05) is 23.2 Å². The van der Waals surface area contributed by atoms with E-state index in [1.165, 1.54) is 36.4 Å². The topological polar surface area (TPSA) is 78.5 Å². The zero-order valence-corrected chi connectivity index (χ0v) is 16.6. The van der Waals surface area contributed by atoms with Gasteiger partial charge in [-0.25, -0.2) is 13.2 Å². The van der Waals surface area contributed by atoms with Crippen LogP contribution in [0.1, 0.15) is 13.8 Å². The van der Waals surface area contributed by atoms with Gasteiger partial charge in [0, 0.05) is 23.8 Å². The smallest absolute Gasteiger partial charge is 0.321 e. The molecule has 0 atom stereocenters. The number of benzene rings is 2. The Bertz CT molecular complexity index is 883. The van der Waals surface area contributed by atoms with Crippen molar-refractivity contribution >= 4 is 50.6 Å². The number of nitrogens with one attached hydrogen (secondary N) is 2. The maximum absolute atomic E-state index is 12.5. The van der Waals surface area contributed by atoms with Crippen molar-refractivity contribution in [2.45, 2.75) is 18.7 Å². The molecule has 0 heterocycles. The number of hydrogen-bond donors (Lipinski definition) is 2. The Balaban J connectivity index is 2.16. The molecule has 2 N–H and O–H groups in total. The molecule has 6 nitrogen and oxygen atoms in total. The lowest BCUT2D eigenvalue weighted by molar-refractivity contribution is 0.217. The number of carbonyl (C=O) groups excluding carboxylic acids is 1. The SMILES string of the molecule is CCN(CC)C(=O)Nc1ccc(S(=O)(=O)Nc2cc(Cl)ccc2Cl)cc1. The Morgan fingerprint density at radius 3 is 2.23 bits per heavy atom. The molecule has 0 saturated carbocycles. The Kier molecular flexibility index (Phi) is 6.75. The highest BCUT2D eigenvalue weighted by molar-refractivity contribution is 7.92. The molecule has 26 heavy (non-hydrogen) atoms. The zero-order chi connectivity index (χ0) is 19.3. The first kappa shape index (κ1) is 20.4. The number of amides is 2. The molecule has 0 aromatic heterocycles. The molecule has 0 unspecified atom stereocenters. The Morgan fingerprint density at radius 1 is 1.04 bits per heavy atom. The predicted octanol–water partition coefficient (Wildman–Crippen LogP) is 4.67. The molecule has 140 valence electrons. The summed E-state index contributed by atoms with van der Waals surface area (Å²) in [6.07, 6.45) is 0. The van der Waals surface area contributed by atoms with Gasteiger partial charge < -0.3 is 10.2 Å². The van der Waals surface area contributed by atoms with E-state index in [1.54, 1.807) is 11.0 Å². The number of sulfonamides is 1. The van der Waals surface area contributed by atoms with E-state index < -0.39 is 10.0 Å². The summed E-state index contributed by atoms with van der Waals surface area (Å²) in [7, 11) is -3.84. The molecule has 0 bridgehead atoms. The van der Waals surface area contributed by atoms with Crippen LogP contribution in [0.2, 0.25) is 10.0 Å². The highest BCUT2D eigenvalue weighted by Crippen LogP contribution is 2.28. The van der Waals surface area contributed by atoms with Crippen LogP contribution in [-0.4, -0.2) is 32.4 Å². The Morgan fingerprint density at radius 2 is 1.65 bits per heavy atom. The first-order valence-electron chi connectivity index (χ1n) is 7.90. The minimum atomic E-state index is -3.84. The maximum Gasteiger partial charge on any atom is 0.321 e. The quantitative estimate of drug-likeness (QED) is 0.719. The van der Waals surface area contributed by atoms with Crippen LogP contribution >= 0.6 is 23.2 Å². The van der Waals surface area contributed by atoms with E-state index in [1.807, 2.05) is 13.8 Å². The number of carbonyl (C=O) groups is 1. The molecule has 0 radical (unpaired) electrons. The van der Waals surface area contributed by atoms with E-state index in [2.05, 4.69) is 10.0 Å². The summed E-state index contributed by atoms with van der Waals surface area (Å²) in [6, 6.07) is 10.1. The second-order valence-electron chi connectivity index (χ2n) is 5.36. The van der Waals surface area contributed by atoms with Gasteiger partial charge >= 0.3 is 6.03 Å². The first-order chi connectivity index (χ1) is 12.3. The average Bonchev–Trinajstić information content (AvgIpc) is 2.59. The van der Waals surface area contributed by atoms with E-state index in [-0.39, 0.29) is 21.6 Å². The van der Waals surface area contributed by atoms with E-state index in [9.17, 15) is 13.2 Å². The number of urea groups is 1. The van der Waals surface area contributed by atoms with E-state index in [4.69, 9.17) is 23.2 Å². The summed E-state index contributed by atoms with van der Waals surface area (Å²) in [5.41, 5.74) is 0.694. The van der Waals surface area contributed by atoms with Gasteiger partial charge in [-0.15, -0.1) is 0 Å².